The summed E-state index contributed by atoms with van der Waals surface area (Å²) >= 11 is 0. The third-order valence-electron chi connectivity index (χ3n) is 1.01. The number of cyclic esters (lactones) is 2. The van der Waals surface area contributed by atoms with Crippen LogP contribution in [0.1, 0.15) is 20.3 Å². The van der Waals surface area contributed by atoms with Crippen LogP contribution in [-0.2, 0) is 19.1 Å². The SMILES string of the molecule is CC1(C)OC(=O)[14CH2]C(=O)O1. The van der Waals surface area contributed by atoms with Gasteiger partial charge < -0.3 is 9.47 Å². The number of carbonyl (C=O) groups excluding carboxylic acids is 2. The van der Waals surface area contributed by atoms with Gasteiger partial charge in [-0.25, -0.2) is 0 Å². The fraction of sp³-hybridized carbons (Fsp3) is 0.667. The molecular formula is C6H8O4. The number of hydrogen-bond donors (Lipinski definition) is 0. The predicted octanol–water partition coefficient (Wildman–Crippen LogP) is 0.213. The Labute approximate surface area is 58.1 Å². The number of rotatable bonds is 0. The van der Waals surface area contributed by atoms with Crippen molar-refractivity contribution in [2.45, 2.75) is 26.1 Å². The van der Waals surface area contributed by atoms with Crippen LogP contribution in [0, 0.1) is 0 Å². The molecule has 1 aliphatic heterocycles. The molecule has 0 atom stereocenters. The monoisotopic (exact) mass is 146 g/mol. The quantitative estimate of drug-likeness (QED) is 0.362. The first-order valence-electron chi connectivity index (χ1n) is 2.93. The molecule has 0 aromatic rings. The summed E-state index contributed by atoms with van der Waals surface area (Å²) in [6.07, 6.45) is -0.274. The highest BCUT2D eigenvalue weighted by molar-refractivity contribution is 5.92. The van der Waals surface area contributed by atoms with Crippen LogP contribution in [0.3, 0.4) is 0 Å². The number of carbonyl (C=O) groups is 2. The number of ether oxygens (including phenoxy) is 2. The van der Waals surface area contributed by atoms with E-state index in [1.54, 1.807) is 0 Å². The van der Waals surface area contributed by atoms with Gasteiger partial charge in [0.25, 0.3) is 5.79 Å². The van der Waals surface area contributed by atoms with Crippen LogP contribution >= 0.6 is 0 Å². The summed E-state index contributed by atoms with van der Waals surface area (Å²) in [6, 6.07) is 0. The molecule has 0 saturated carbocycles. The number of hydrogen-bond acceptors (Lipinski definition) is 4. The maximum Gasteiger partial charge on any atom is 0.320 e. The first-order valence-corrected chi connectivity index (χ1v) is 2.93. The van der Waals surface area contributed by atoms with Crippen molar-refractivity contribution in [2.75, 3.05) is 0 Å². The van der Waals surface area contributed by atoms with E-state index in [0.29, 0.717) is 0 Å². The molecule has 0 spiro atoms. The Hall–Kier alpha value is -1.06. The van der Waals surface area contributed by atoms with E-state index >= 15 is 0 Å². The lowest BCUT2D eigenvalue weighted by Crippen LogP contribution is -2.39. The van der Waals surface area contributed by atoms with Crippen LogP contribution in [0.5, 0.6) is 0 Å². The van der Waals surface area contributed by atoms with Gasteiger partial charge in [-0.05, 0) is 0 Å². The Morgan fingerprint density at radius 1 is 1.20 bits per heavy atom. The summed E-state index contributed by atoms with van der Waals surface area (Å²) in [5.41, 5.74) is 0. The van der Waals surface area contributed by atoms with Crippen LogP contribution in [0.15, 0.2) is 0 Å². The minimum Gasteiger partial charge on any atom is -0.423 e. The topological polar surface area (TPSA) is 52.6 Å². The summed E-state index contributed by atoms with van der Waals surface area (Å²) in [5.74, 6) is -2.13. The molecule has 0 amide bonds. The van der Waals surface area contributed by atoms with E-state index in [-0.39, 0.29) is 6.42 Å². The first-order chi connectivity index (χ1) is 4.49. The van der Waals surface area contributed by atoms with Crippen LogP contribution < -0.4 is 0 Å². The second-order valence-electron chi connectivity index (χ2n) is 2.52. The van der Waals surface area contributed by atoms with E-state index in [2.05, 4.69) is 9.47 Å². The van der Waals surface area contributed by atoms with E-state index in [0.717, 1.165) is 0 Å². The zero-order valence-electron chi connectivity index (χ0n) is 5.84. The Morgan fingerprint density at radius 3 is 1.90 bits per heavy atom. The molecule has 56 valence electrons. The van der Waals surface area contributed by atoms with Gasteiger partial charge in [-0.3, -0.25) is 9.59 Å². The largest absolute Gasteiger partial charge is 0.423 e. The Morgan fingerprint density at radius 2 is 1.60 bits per heavy atom. The Balaban J connectivity index is 2.68. The highest BCUT2D eigenvalue weighted by Gasteiger charge is 2.34. The standard InChI is InChI=1S/C6H8O4/c1-6(2)9-4(7)3-5(8)10-6/h3H2,1-2H3/i3+2. The molecular weight excluding hydrogens is 138 g/mol. The van der Waals surface area contributed by atoms with E-state index < -0.39 is 17.7 Å². The average molecular weight is 146 g/mol. The lowest BCUT2D eigenvalue weighted by Gasteiger charge is -2.28. The zero-order chi connectivity index (χ0) is 7.78. The van der Waals surface area contributed by atoms with Gasteiger partial charge in [-0.2, -0.15) is 0 Å². The van der Waals surface area contributed by atoms with Gasteiger partial charge in [-0.1, -0.05) is 0 Å². The molecule has 10 heavy (non-hydrogen) atoms. The fourth-order valence-electron chi connectivity index (χ4n) is 0.759. The van der Waals surface area contributed by atoms with Crippen molar-refractivity contribution in [3.05, 3.63) is 0 Å². The molecule has 0 aromatic heterocycles. The van der Waals surface area contributed by atoms with Crippen molar-refractivity contribution in [3.63, 3.8) is 0 Å². The van der Waals surface area contributed by atoms with Crippen LogP contribution in [-0.4, -0.2) is 17.7 Å². The molecule has 4 nitrogen and oxygen atoms in total. The predicted molar refractivity (Wildman–Crippen MR) is 30.9 cm³/mol. The second kappa shape index (κ2) is 1.97. The summed E-state index contributed by atoms with van der Waals surface area (Å²) in [4.78, 5) is 21.1. The van der Waals surface area contributed by atoms with Gasteiger partial charge >= 0.3 is 11.9 Å². The molecule has 1 heterocycles. The Kier molecular flexibility index (Phi) is 1.39. The highest BCUT2D eigenvalue weighted by Crippen LogP contribution is 2.18. The van der Waals surface area contributed by atoms with E-state index in [1.165, 1.54) is 13.8 Å². The first kappa shape index (κ1) is 7.05. The molecule has 1 rings (SSSR count). The van der Waals surface area contributed by atoms with Crippen LogP contribution in [0.25, 0.3) is 0 Å². The third-order valence-corrected chi connectivity index (χ3v) is 1.01. The molecule has 4 heteroatoms. The van der Waals surface area contributed by atoms with Crippen molar-refractivity contribution in [2.24, 2.45) is 0 Å². The highest BCUT2D eigenvalue weighted by atomic mass is 16.8. The zero-order valence-corrected chi connectivity index (χ0v) is 5.84. The van der Waals surface area contributed by atoms with Crippen LogP contribution in [0.2, 0.25) is 0 Å². The lowest BCUT2D eigenvalue weighted by atomic mass is 10.4. The van der Waals surface area contributed by atoms with Crippen molar-refractivity contribution >= 4 is 11.9 Å². The van der Waals surface area contributed by atoms with Gasteiger partial charge in [0.05, 0.1) is 0 Å². The second-order valence-corrected chi connectivity index (χ2v) is 2.52. The van der Waals surface area contributed by atoms with Crippen molar-refractivity contribution in [1.29, 1.82) is 0 Å². The molecule has 1 saturated heterocycles. The third kappa shape index (κ3) is 1.46. The van der Waals surface area contributed by atoms with Gasteiger partial charge in [0, 0.05) is 13.8 Å². The minimum atomic E-state index is -1.08. The summed E-state index contributed by atoms with van der Waals surface area (Å²) in [5, 5.41) is 0. The molecule has 0 bridgehead atoms. The van der Waals surface area contributed by atoms with E-state index in [9.17, 15) is 9.59 Å². The van der Waals surface area contributed by atoms with E-state index in [4.69, 9.17) is 0 Å². The maximum atomic E-state index is 10.6. The van der Waals surface area contributed by atoms with Crippen molar-refractivity contribution in [3.8, 4) is 0 Å². The molecule has 0 unspecified atom stereocenters. The van der Waals surface area contributed by atoms with Crippen LogP contribution in [0.4, 0.5) is 0 Å². The molecule has 1 aliphatic rings. The van der Waals surface area contributed by atoms with Crippen molar-refractivity contribution < 1.29 is 19.1 Å². The normalized spacial score (nSPS) is 23.4. The van der Waals surface area contributed by atoms with Gasteiger partial charge in [-0.15, -0.1) is 0 Å². The maximum absolute atomic E-state index is 10.6. The molecule has 0 aliphatic carbocycles. The molecule has 1 fully saturated rings. The average Bonchev–Trinajstić information content (AvgIpc) is 1.54. The number of esters is 2. The minimum absolute atomic E-state index is 0.274. The Bertz CT molecular complexity index is 164. The van der Waals surface area contributed by atoms with Gasteiger partial charge in [0.1, 0.15) is 6.42 Å². The smallest absolute Gasteiger partial charge is 0.320 e. The summed E-state index contributed by atoms with van der Waals surface area (Å²) in [7, 11) is 0. The van der Waals surface area contributed by atoms with Crippen molar-refractivity contribution in [1.82, 2.24) is 0 Å². The van der Waals surface area contributed by atoms with Gasteiger partial charge in [0.2, 0.25) is 0 Å². The van der Waals surface area contributed by atoms with E-state index in [1.807, 2.05) is 0 Å². The molecule has 0 N–H and O–H groups in total. The fourth-order valence-corrected chi connectivity index (χ4v) is 0.759. The van der Waals surface area contributed by atoms with Gasteiger partial charge in [0.15, 0.2) is 0 Å². The lowest BCUT2D eigenvalue weighted by molar-refractivity contribution is -0.231. The molecule has 0 aromatic carbocycles. The molecule has 0 radical (unpaired) electrons. The summed E-state index contributed by atoms with van der Waals surface area (Å²) < 4.78 is 9.32. The summed E-state index contributed by atoms with van der Waals surface area (Å²) in [6.45, 7) is 3.03.